The van der Waals surface area contributed by atoms with Gasteiger partial charge in [0.25, 0.3) is 0 Å². The summed E-state index contributed by atoms with van der Waals surface area (Å²) in [5.74, 6) is 0. The average molecular weight is 552 g/mol. The zero-order valence-corrected chi connectivity index (χ0v) is 18.6. The quantitative estimate of drug-likeness (QED) is 0.184. The molecular formula is C26H19IrN2-. The van der Waals surface area contributed by atoms with E-state index in [-0.39, 0.29) is 20.1 Å². The van der Waals surface area contributed by atoms with E-state index in [0.29, 0.717) is 0 Å². The van der Waals surface area contributed by atoms with E-state index in [9.17, 15) is 0 Å². The molecule has 1 radical (unpaired) electrons. The fourth-order valence-electron chi connectivity index (χ4n) is 3.95. The van der Waals surface area contributed by atoms with E-state index in [4.69, 9.17) is 5.10 Å². The summed E-state index contributed by atoms with van der Waals surface area (Å²) in [5, 5.41) is 14.0. The largest absolute Gasteiger partial charge is 0.200 e. The van der Waals surface area contributed by atoms with Gasteiger partial charge in [0.2, 0.25) is 0 Å². The summed E-state index contributed by atoms with van der Waals surface area (Å²) in [6.45, 7) is 4.27. The van der Waals surface area contributed by atoms with Crippen molar-refractivity contribution in [3.8, 4) is 22.5 Å². The predicted molar refractivity (Wildman–Crippen MR) is 116 cm³/mol. The molecule has 5 aromatic rings. The zero-order chi connectivity index (χ0) is 19.1. The van der Waals surface area contributed by atoms with Crippen molar-refractivity contribution >= 4 is 21.5 Å². The maximum Gasteiger partial charge on any atom is 0.0996 e. The molecule has 0 saturated carbocycles. The fraction of sp³-hybridized carbons (Fsp3) is 0.0769. The van der Waals surface area contributed by atoms with Gasteiger partial charge in [-0.3, -0.25) is 0 Å². The number of aromatic nitrogens is 2. The van der Waals surface area contributed by atoms with E-state index in [1.807, 2.05) is 24.3 Å². The Hall–Kier alpha value is -2.87. The Morgan fingerprint density at radius 2 is 1.24 bits per heavy atom. The molecule has 0 saturated heterocycles. The fourth-order valence-corrected chi connectivity index (χ4v) is 3.95. The van der Waals surface area contributed by atoms with Gasteiger partial charge in [-0.15, -0.1) is 35.9 Å². The Morgan fingerprint density at radius 3 is 1.86 bits per heavy atom. The molecule has 0 aliphatic rings. The molecule has 4 aromatic carbocycles. The molecule has 3 heteroatoms. The first-order valence-corrected chi connectivity index (χ1v) is 9.45. The van der Waals surface area contributed by atoms with E-state index in [0.717, 1.165) is 27.7 Å². The number of nitrogens with zero attached hydrogens (tertiary/aromatic N) is 2. The van der Waals surface area contributed by atoms with Gasteiger partial charge >= 0.3 is 0 Å². The Balaban J connectivity index is 0.00000205. The molecule has 0 N–H and O–H groups in total. The molecule has 0 aliphatic carbocycles. The molecule has 2 nitrogen and oxygen atoms in total. The molecule has 0 atom stereocenters. The summed E-state index contributed by atoms with van der Waals surface area (Å²) >= 11 is 0. The summed E-state index contributed by atoms with van der Waals surface area (Å²) in [5.41, 5.74) is 6.36. The van der Waals surface area contributed by atoms with Crippen molar-refractivity contribution in [1.29, 1.82) is 0 Å². The first kappa shape index (κ1) is 19.4. The Bertz CT molecular complexity index is 1310. The van der Waals surface area contributed by atoms with Gasteiger partial charge in [-0.1, -0.05) is 48.5 Å². The molecule has 29 heavy (non-hydrogen) atoms. The van der Waals surface area contributed by atoms with Crippen LogP contribution in [0.4, 0.5) is 0 Å². The molecular weight excluding hydrogens is 533 g/mol. The van der Waals surface area contributed by atoms with Crippen molar-refractivity contribution in [2.75, 3.05) is 0 Å². The van der Waals surface area contributed by atoms with Gasteiger partial charge in [-0.2, -0.15) is 10.2 Å². The molecule has 0 aliphatic heterocycles. The van der Waals surface area contributed by atoms with Crippen LogP contribution < -0.4 is 0 Å². The van der Waals surface area contributed by atoms with E-state index >= 15 is 0 Å². The van der Waals surface area contributed by atoms with Crippen LogP contribution in [0.15, 0.2) is 78.9 Å². The summed E-state index contributed by atoms with van der Waals surface area (Å²) in [6.07, 6.45) is 0. The third-order valence-corrected chi connectivity index (χ3v) is 5.33. The number of benzene rings is 4. The van der Waals surface area contributed by atoms with Crippen LogP contribution in [0.2, 0.25) is 0 Å². The summed E-state index contributed by atoms with van der Waals surface area (Å²) < 4.78 is 0. The van der Waals surface area contributed by atoms with Crippen molar-refractivity contribution in [2.24, 2.45) is 0 Å². The number of hydrogen-bond acceptors (Lipinski definition) is 2. The number of fused-ring (bicyclic) bond motifs is 2. The molecule has 5 rings (SSSR count). The first-order chi connectivity index (χ1) is 13.7. The van der Waals surface area contributed by atoms with Gasteiger partial charge in [0.15, 0.2) is 0 Å². The van der Waals surface area contributed by atoms with Gasteiger partial charge in [0.1, 0.15) is 0 Å². The van der Waals surface area contributed by atoms with Crippen LogP contribution in [0, 0.1) is 19.9 Å². The standard InChI is InChI=1S/C26H19N2.Ir/c1-17-9-8-10-18(2)24(17)26-23-16-21-14-7-6-13-20(21)15-22(23)25(27-28-26)19-11-4-3-5-12-19;/h3-11,13-16H,1-2H3;/q-1;. The van der Waals surface area contributed by atoms with Crippen molar-refractivity contribution in [3.05, 3.63) is 96.1 Å². The first-order valence-electron chi connectivity index (χ1n) is 9.45. The molecule has 0 fully saturated rings. The van der Waals surface area contributed by atoms with Crippen LogP contribution in [0.1, 0.15) is 11.1 Å². The predicted octanol–water partition coefficient (Wildman–Crippen LogP) is 6.53. The topological polar surface area (TPSA) is 25.8 Å². The molecule has 0 spiro atoms. The molecule has 0 amide bonds. The van der Waals surface area contributed by atoms with Crippen molar-refractivity contribution < 1.29 is 20.1 Å². The van der Waals surface area contributed by atoms with Crippen LogP contribution in [-0.4, -0.2) is 10.2 Å². The van der Waals surface area contributed by atoms with Crippen molar-refractivity contribution in [2.45, 2.75) is 13.8 Å². The summed E-state index contributed by atoms with van der Waals surface area (Å²) in [4.78, 5) is 0. The molecule has 1 heterocycles. The Labute approximate surface area is 184 Å². The van der Waals surface area contributed by atoms with Crippen LogP contribution in [-0.2, 0) is 20.1 Å². The van der Waals surface area contributed by atoms with Crippen LogP contribution in [0.3, 0.4) is 0 Å². The van der Waals surface area contributed by atoms with E-state index in [1.54, 1.807) is 0 Å². The third kappa shape index (κ3) is 3.37. The molecule has 0 bridgehead atoms. The van der Waals surface area contributed by atoms with Gasteiger partial charge in [-0.05, 0) is 47.2 Å². The summed E-state index contributed by atoms with van der Waals surface area (Å²) in [7, 11) is 0. The molecule has 143 valence electrons. The minimum atomic E-state index is 0. The van der Waals surface area contributed by atoms with Gasteiger partial charge < -0.3 is 0 Å². The minimum Gasteiger partial charge on any atom is -0.200 e. The van der Waals surface area contributed by atoms with Gasteiger partial charge in [-0.25, -0.2) is 0 Å². The second-order valence-corrected chi connectivity index (χ2v) is 7.19. The van der Waals surface area contributed by atoms with E-state index in [1.165, 1.54) is 27.5 Å². The third-order valence-electron chi connectivity index (χ3n) is 5.33. The van der Waals surface area contributed by atoms with E-state index in [2.05, 4.69) is 79.6 Å². The zero-order valence-electron chi connectivity index (χ0n) is 16.2. The number of rotatable bonds is 2. The maximum atomic E-state index is 4.71. The van der Waals surface area contributed by atoms with E-state index < -0.39 is 0 Å². The number of aryl methyl sites for hydroxylation is 2. The van der Waals surface area contributed by atoms with Crippen LogP contribution in [0.5, 0.6) is 0 Å². The second kappa shape index (κ2) is 7.87. The van der Waals surface area contributed by atoms with Crippen molar-refractivity contribution in [3.63, 3.8) is 0 Å². The summed E-state index contributed by atoms with van der Waals surface area (Å²) in [6, 6.07) is 30.5. The maximum absolute atomic E-state index is 4.71. The molecule has 0 unspecified atom stereocenters. The monoisotopic (exact) mass is 552 g/mol. The Kier molecular flexibility index (Phi) is 5.27. The number of hydrogen-bond donors (Lipinski definition) is 0. The smallest absolute Gasteiger partial charge is 0.0996 e. The second-order valence-electron chi connectivity index (χ2n) is 7.19. The van der Waals surface area contributed by atoms with Crippen LogP contribution in [0.25, 0.3) is 44.1 Å². The van der Waals surface area contributed by atoms with Crippen LogP contribution >= 0.6 is 0 Å². The Morgan fingerprint density at radius 1 is 0.655 bits per heavy atom. The van der Waals surface area contributed by atoms with Gasteiger partial charge in [0, 0.05) is 36.7 Å². The van der Waals surface area contributed by atoms with Crippen molar-refractivity contribution in [1.82, 2.24) is 10.2 Å². The minimum absolute atomic E-state index is 0. The van der Waals surface area contributed by atoms with Gasteiger partial charge in [0.05, 0.1) is 5.69 Å². The SMILES string of the molecule is Cc1cccc(C)c1-c1nnc(-c2[c-]cccc2)c2cc3ccccc3cc12.[Ir]. The normalized spacial score (nSPS) is 10.8. The molecule has 1 aromatic heterocycles. The average Bonchev–Trinajstić information content (AvgIpc) is 2.73.